The van der Waals surface area contributed by atoms with Gasteiger partial charge in [0.2, 0.25) is 0 Å². The molecule has 0 radical (unpaired) electrons. The molecule has 0 N–H and O–H groups in total. The minimum absolute atomic E-state index is 0.0225. The summed E-state index contributed by atoms with van der Waals surface area (Å²) in [6, 6.07) is 16.1. The molecule has 36 heavy (non-hydrogen) atoms. The second-order valence-corrected chi connectivity index (χ2v) is 9.62. The third kappa shape index (κ3) is 6.46. The number of alkyl halides is 3. The van der Waals surface area contributed by atoms with Crippen LogP contribution in [-0.4, -0.2) is 66.2 Å². The van der Waals surface area contributed by atoms with Crippen molar-refractivity contribution >= 4 is 11.9 Å². The van der Waals surface area contributed by atoms with Gasteiger partial charge in [0.25, 0.3) is 0 Å². The van der Waals surface area contributed by atoms with Crippen LogP contribution in [0.3, 0.4) is 0 Å². The van der Waals surface area contributed by atoms with E-state index in [4.69, 9.17) is 4.74 Å². The van der Waals surface area contributed by atoms with Gasteiger partial charge in [-0.25, -0.2) is 4.79 Å². The van der Waals surface area contributed by atoms with E-state index in [0.29, 0.717) is 44.5 Å². The smallest absolute Gasteiger partial charge is 0.462 e. The predicted molar refractivity (Wildman–Crippen MR) is 131 cm³/mol. The Hall–Kier alpha value is -2.87. The molecule has 2 fully saturated rings. The molecule has 0 aromatic heterocycles. The van der Waals surface area contributed by atoms with E-state index in [0.717, 1.165) is 35.4 Å². The Morgan fingerprint density at radius 1 is 1.03 bits per heavy atom. The van der Waals surface area contributed by atoms with E-state index in [-0.39, 0.29) is 24.0 Å². The van der Waals surface area contributed by atoms with Crippen molar-refractivity contribution in [2.75, 3.05) is 26.2 Å². The summed E-state index contributed by atoms with van der Waals surface area (Å²) in [4.78, 5) is 27.6. The number of esters is 1. The minimum atomic E-state index is -4.86. The third-order valence-electron chi connectivity index (χ3n) is 7.17. The number of hydrogen-bond acceptors (Lipinski definition) is 4. The number of hydrogen-bond donors (Lipinski definition) is 0. The Balaban J connectivity index is 1.28. The molecule has 1 aliphatic carbocycles. The number of carbonyl (C=O) groups is 2. The van der Waals surface area contributed by atoms with Gasteiger partial charge in [-0.3, -0.25) is 4.79 Å². The average Bonchev–Trinajstić information content (AvgIpc) is 3.66. The minimum Gasteiger partial charge on any atom is -0.462 e. The van der Waals surface area contributed by atoms with Crippen LogP contribution < -0.4 is 0 Å². The normalized spacial score (nSPS) is 20.7. The summed E-state index contributed by atoms with van der Waals surface area (Å²) in [6.45, 7) is 4.31. The maximum Gasteiger partial charge on any atom is 0.471 e. The maximum atomic E-state index is 13.5. The molecule has 0 spiro atoms. The lowest BCUT2D eigenvalue weighted by Gasteiger charge is -2.39. The lowest BCUT2D eigenvalue weighted by atomic mass is 10.0. The number of benzene rings is 2. The Morgan fingerprint density at radius 2 is 1.69 bits per heavy atom. The van der Waals surface area contributed by atoms with Crippen molar-refractivity contribution in [3.63, 3.8) is 0 Å². The van der Waals surface area contributed by atoms with E-state index >= 15 is 0 Å². The highest BCUT2D eigenvalue weighted by Crippen LogP contribution is 2.47. The molecule has 4 rings (SSSR count). The number of halogens is 3. The second kappa shape index (κ2) is 11.5. The Labute approximate surface area is 210 Å². The fraction of sp³-hybridized carbons (Fsp3) is 0.500. The number of carbonyl (C=O) groups excluding carboxylic acids is 2. The Bertz CT molecular complexity index is 1020. The van der Waals surface area contributed by atoms with Gasteiger partial charge >= 0.3 is 18.1 Å². The van der Waals surface area contributed by atoms with Gasteiger partial charge in [0.05, 0.1) is 12.2 Å². The summed E-state index contributed by atoms with van der Waals surface area (Å²) in [6.07, 6.45) is -1.41. The van der Waals surface area contributed by atoms with Crippen molar-refractivity contribution in [1.29, 1.82) is 0 Å². The molecule has 2 unspecified atom stereocenters. The first-order valence-corrected chi connectivity index (χ1v) is 12.7. The van der Waals surface area contributed by atoms with Crippen molar-refractivity contribution in [2.45, 2.75) is 63.2 Å². The molecule has 2 aromatic carbocycles. The summed E-state index contributed by atoms with van der Waals surface area (Å²) in [5.74, 6) is -2.05. The van der Waals surface area contributed by atoms with Gasteiger partial charge in [-0.2, -0.15) is 13.2 Å². The molecule has 194 valence electrons. The zero-order valence-electron chi connectivity index (χ0n) is 20.5. The van der Waals surface area contributed by atoms with Crippen molar-refractivity contribution < 1.29 is 27.5 Å². The predicted octanol–water partition coefficient (Wildman–Crippen LogP) is 5.21. The van der Waals surface area contributed by atoms with Gasteiger partial charge in [-0.05, 0) is 68.8 Å². The number of ether oxygens (including phenoxy) is 1. The highest BCUT2D eigenvalue weighted by molar-refractivity contribution is 5.89. The third-order valence-corrected chi connectivity index (χ3v) is 7.17. The van der Waals surface area contributed by atoms with Crippen LogP contribution in [0.15, 0.2) is 54.6 Å². The van der Waals surface area contributed by atoms with Gasteiger partial charge in [-0.15, -0.1) is 0 Å². The van der Waals surface area contributed by atoms with E-state index in [1.165, 1.54) is 0 Å². The van der Waals surface area contributed by atoms with E-state index in [1.807, 2.05) is 42.5 Å². The van der Waals surface area contributed by atoms with Crippen molar-refractivity contribution in [3.05, 3.63) is 71.3 Å². The summed E-state index contributed by atoms with van der Waals surface area (Å²) in [7, 11) is 0. The molecule has 0 bridgehead atoms. The summed E-state index contributed by atoms with van der Waals surface area (Å²) in [5, 5.41) is 0. The van der Waals surface area contributed by atoms with E-state index in [2.05, 4.69) is 4.90 Å². The van der Waals surface area contributed by atoms with Gasteiger partial charge in [0.1, 0.15) is 0 Å². The van der Waals surface area contributed by atoms with Crippen LogP contribution in [0.4, 0.5) is 13.2 Å². The highest BCUT2D eigenvalue weighted by atomic mass is 19.4. The molecule has 2 aromatic rings. The van der Waals surface area contributed by atoms with Crippen LogP contribution in [-0.2, 0) is 16.0 Å². The Morgan fingerprint density at radius 3 is 2.31 bits per heavy atom. The number of piperidine rings is 1. The Kier molecular flexibility index (Phi) is 8.34. The molecule has 1 saturated heterocycles. The lowest BCUT2D eigenvalue weighted by molar-refractivity contribution is -0.189. The van der Waals surface area contributed by atoms with Crippen molar-refractivity contribution in [2.24, 2.45) is 0 Å². The SMILES string of the molecule is CCOC(=O)c1ccc(CCCN2CCC(N(C(=O)C(F)(F)F)C3CC3c3ccccc3)CC2)cc1. The quantitative estimate of drug-likeness (QED) is 0.442. The van der Waals surface area contributed by atoms with E-state index < -0.39 is 12.1 Å². The van der Waals surface area contributed by atoms with Crippen LogP contribution in [0.5, 0.6) is 0 Å². The number of likely N-dealkylation sites (tertiary alicyclic amines) is 1. The van der Waals surface area contributed by atoms with Gasteiger partial charge in [-0.1, -0.05) is 42.5 Å². The molecular formula is C28H33F3N2O3. The number of rotatable bonds is 9. The zero-order chi connectivity index (χ0) is 25.7. The summed E-state index contributed by atoms with van der Waals surface area (Å²) < 4.78 is 45.4. The monoisotopic (exact) mass is 502 g/mol. The van der Waals surface area contributed by atoms with Crippen molar-refractivity contribution in [1.82, 2.24) is 9.80 Å². The molecule has 2 atom stereocenters. The largest absolute Gasteiger partial charge is 0.471 e. The standard InChI is InChI=1S/C28H33F3N2O3/c1-2-36-26(34)22-12-10-20(11-13-22)7-6-16-32-17-14-23(15-18-32)33(27(35)28(29,30)31)25-19-24(25)21-8-4-3-5-9-21/h3-5,8-13,23-25H,2,6-7,14-19H2,1H3. The van der Waals surface area contributed by atoms with E-state index in [9.17, 15) is 22.8 Å². The summed E-state index contributed by atoms with van der Waals surface area (Å²) in [5.41, 5.74) is 2.65. The fourth-order valence-electron chi connectivity index (χ4n) is 5.23. The van der Waals surface area contributed by atoms with Crippen LogP contribution in [0.2, 0.25) is 0 Å². The second-order valence-electron chi connectivity index (χ2n) is 9.62. The molecule has 5 nitrogen and oxygen atoms in total. The lowest BCUT2D eigenvalue weighted by Crippen LogP contribution is -2.52. The molecule has 8 heteroatoms. The molecule has 1 heterocycles. The van der Waals surface area contributed by atoms with Crippen LogP contribution >= 0.6 is 0 Å². The molecule has 1 aliphatic heterocycles. The van der Waals surface area contributed by atoms with Crippen molar-refractivity contribution in [3.8, 4) is 0 Å². The first-order valence-electron chi connectivity index (χ1n) is 12.7. The zero-order valence-corrected chi connectivity index (χ0v) is 20.5. The number of nitrogens with zero attached hydrogens (tertiary/aromatic N) is 2. The van der Waals surface area contributed by atoms with Gasteiger partial charge in [0, 0.05) is 31.1 Å². The molecule has 2 aliphatic rings. The fourth-order valence-corrected chi connectivity index (χ4v) is 5.23. The van der Waals surface area contributed by atoms with E-state index in [1.54, 1.807) is 19.1 Å². The number of amides is 1. The number of aryl methyl sites for hydroxylation is 1. The first kappa shape index (κ1) is 26.2. The summed E-state index contributed by atoms with van der Waals surface area (Å²) >= 11 is 0. The average molecular weight is 503 g/mol. The van der Waals surface area contributed by atoms with Crippen LogP contribution in [0, 0.1) is 0 Å². The molecular weight excluding hydrogens is 469 g/mol. The van der Waals surface area contributed by atoms with Crippen LogP contribution in [0.25, 0.3) is 0 Å². The highest BCUT2D eigenvalue weighted by Gasteiger charge is 2.54. The van der Waals surface area contributed by atoms with Crippen LogP contribution in [0.1, 0.15) is 60.0 Å². The molecule has 1 amide bonds. The molecule has 1 saturated carbocycles. The maximum absolute atomic E-state index is 13.5. The topological polar surface area (TPSA) is 49.9 Å². The van der Waals surface area contributed by atoms with Gasteiger partial charge in [0.15, 0.2) is 0 Å². The van der Waals surface area contributed by atoms with Gasteiger partial charge < -0.3 is 14.5 Å². The first-order chi connectivity index (χ1) is 17.3.